The lowest BCUT2D eigenvalue weighted by atomic mass is 10.1. The molecule has 0 bridgehead atoms. The molecule has 2 aliphatic rings. The van der Waals surface area contributed by atoms with Gasteiger partial charge in [0.25, 0.3) is 5.91 Å². The van der Waals surface area contributed by atoms with Crippen LogP contribution in [0.4, 0.5) is 0 Å². The van der Waals surface area contributed by atoms with Gasteiger partial charge in [0.2, 0.25) is 5.78 Å². The van der Waals surface area contributed by atoms with Crippen LogP contribution in [-0.2, 0) is 0 Å². The molecule has 2 fully saturated rings. The highest BCUT2D eigenvalue weighted by atomic mass is 16.2. The van der Waals surface area contributed by atoms with E-state index in [1.807, 2.05) is 12.3 Å². The number of imidazole rings is 1. The van der Waals surface area contributed by atoms with E-state index in [0.29, 0.717) is 29.3 Å². The highest BCUT2D eigenvalue weighted by molar-refractivity contribution is 5.93. The number of hydrogen-bond donors (Lipinski definition) is 1. The second kappa shape index (κ2) is 4.05. The summed E-state index contributed by atoms with van der Waals surface area (Å²) in [4.78, 5) is 20.7. The molecule has 2 aliphatic carbocycles. The van der Waals surface area contributed by atoms with Crippen molar-refractivity contribution in [1.29, 1.82) is 0 Å². The Morgan fingerprint density at radius 3 is 2.68 bits per heavy atom. The monoisotopic (exact) mass is 256 g/mol. The van der Waals surface area contributed by atoms with Crippen LogP contribution < -0.4 is 5.32 Å². The van der Waals surface area contributed by atoms with E-state index < -0.39 is 0 Å². The van der Waals surface area contributed by atoms with Gasteiger partial charge < -0.3 is 5.32 Å². The third-order valence-corrected chi connectivity index (χ3v) is 4.03. The minimum atomic E-state index is -0.0608. The topological polar surface area (TPSA) is 59.3 Å². The van der Waals surface area contributed by atoms with Crippen LogP contribution in [0.3, 0.4) is 0 Å². The van der Waals surface area contributed by atoms with Gasteiger partial charge in [-0.3, -0.25) is 9.20 Å². The second-order valence-electron chi connectivity index (χ2n) is 5.63. The zero-order valence-corrected chi connectivity index (χ0v) is 10.6. The van der Waals surface area contributed by atoms with Crippen molar-refractivity contribution in [3.05, 3.63) is 30.4 Å². The lowest BCUT2D eigenvalue weighted by molar-refractivity contribution is 0.0922. The Morgan fingerprint density at radius 1 is 1.32 bits per heavy atom. The summed E-state index contributed by atoms with van der Waals surface area (Å²) in [6.07, 6.45) is 10.3. The first-order chi connectivity index (χ1) is 9.31. The maximum absolute atomic E-state index is 12.3. The molecule has 0 atom stereocenters. The number of carbonyl (C=O) groups excluding carboxylic acids is 1. The van der Waals surface area contributed by atoms with Crippen molar-refractivity contribution in [2.45, 2.75) is 31.7 Å². The predicted molar refractivity (Wildman–Crippen MR) is 69.7 cm³/mol. The van der Waals surface area contributed by atoms with Crippen molar-refractivity contribution < 1.29 is 4.79 Å². The number of amides is 1. The molecule has 5 nitrogen and oxygen atoms in total. The van der Waals surface area contributed by atoms with Crippen molar-refractivity contribution in [3.8, 4) is 0 Å². The number of aromatic nitrogens is 3. The largest absolute Gasteiger partial charge is 0.347 e. The van der Waals surface area contributed by atoms with E-state index in [4.69, 9.17) is 0 Å². The molecule has 0 spiro atoms. The predicted octanol–water partition coefficient (Wildman–Crippen LogP) is 1.65. The van der Waals surface area contributed by atoms with Gasteiger partial charge in [0.1, 0.15) is 5.69 Å². The van der Waals surface area contributed by atoms with Crippen LogP contribution >= 0.6 is 0 Å². The fourth-order valence-corrected chi connectivity index (χ4v) is 2.70. The van der Waals surface area contributed by atoms with Crippen molar-refractivity contribution in [2.24, 2.45) is 11.8 Å². The van der Waals surface area contributed by atoms with E-state index in [9.17, 15) is 4.79 Å². The Kier molecular flexibility index (Phi) is 2.33. The summed E-state index contributed by atoms with van der Waals surface area (Å²) in [6.45, 7) is 0. The highest BCUT2D eigenvalue weighted by Crippen LogP contribution is 2.44. The van der Waals surface area contributed by atoms with Gasteiger partial charge in [0, 0.05) is 24.6 Å². The first-order valence-electron chi connectivity index (χ1n) is 6.92. The van der Waals surface area contributed by atoms with E-state index in [1.165, 1.54) is 25.7 Å². The quantitative estimate of drug-likeness (QED) is 0.904. The Bertz CT molecular complexity index is 582. The molecule has 2 saturated carbocycles. The molecule has 1 N–H and O–H groups in total. The highest BCUT2D eigenvalue weighted by Gasteiger charge is 2.42. The van der Waals surface area contributed by atoms with Crippen molar-refractivity contribution >= 4 is 11.7 Å². The van der Waals surface area contributed by atoms with Gasteiger partial charge in [0.05, 0.1) is 0 Å². The Labute approximate surface area is 111 Å². The van der Waals surface area contributed by atoms with Gasteiger partial charge in [-0.25, -0.2) is 9.97 Å². The van der Waals surface area contributed by atoms with Crippen LogP contribution in [0.25, 0.3) is 5.78 Å². The van der Waals surface area contributed by atoms with Gasteiger partial charge in [-0.15, -0.1) is 0 Å². The van der Waals surface area contributed by atoms with E-state index in [-0.39, 0.29) is 5.91 Å². The molecule has 2 heterocycles. The van der Waals surface area contributed by atoms with Crippen LogP contribution in [0.2, 0.25) is 0 Å². The molecular weight excluding hydrogens is 240 g/mol. The maximum Gasteiger partial charge on any atom is 0.271 e. The van der Waals surface area contributed by atoms with E-state index >= 15 is 0 Å². The summed E-state index contributed by atoms with van der Waals surface area (Å²) in [7, 11) is 0. The molecule has 2 aromatic rings. The normalized spacial score (nSPS) is 19.0. The van der Waals surface area contributed by atoms with Crippen molar-refractivity contribution in [3.63, 3.8) is 0 Å². The molecule has 0 unspecified atom stereocenters. The molecule has 4 rings (SSSR count). The third kappa shape index (κ3) is 2.09. The Hall–Kier alpha value is -1.91. The Morgan fingerprint density at radius 2 is 2.05 bits per heavy atom. The van der Waals surface area contributed by atoms with Gasteiger partial charge in [-0.05, 0) is 43.6 Å². The first-order valence-corrected chi connectivity index (χ1v) is 6.92. The molecule has 0 radical (unpaired) electrons. The van der Waals surface area contributed by atoms with E-state index in [0.717, 1.165) is 0 Å². The molecule has 0 aromatic carbocycles. The van der Waals surface area contributed by atoms with Gasteiger partial charge in [-0.2, -0.15) is 0 Å². The molecule has 0 aliphatic heterocycles. The molecule has 1 amide bonds. The molecule has 19 heavy (non-hydrogen) atoms. The lowest BCUT2D eigenvalue weighted by Gasteiger charge is -2.16. The SMILES string of the molecule is O=C(NC(C1CC1)C1CC1)c1cn2cccnc2n1. The molecule has 98 valence electrons. The summed E-state index contributed by atoms with van der Waals surface area (Å²) < 4.78 is 1.78. The van der Waals surface area contributed by atoms with Gasteiger partial charge in [-0.1, -0.05) is 0 Å². The summed E-state index contributed by atoms with van der Waals surface area (Å²) in [6, 6.07) is 2.19. The number of nitrogens with one attached hydrogen (secondary N) is 1. The van der Waals surface area contributed by atoms with Crippen LogP contribution in [0.15, 0.2) is 24.7 Å². The summed E-state index contributed by atoms with van der Waals surface area (Å²) >= 11 is 0. The maximum atomic E-state index is 12.3. The Balaban J connectivity index is 1.55. The number of carbonyl (C=O) groups is 1. The lowest BCUT2D eigenvalue weighted by Crippen LogP contribution is -2.38. The van der Waals surface area contributed by atoms with Crippen LogP contribution in [-0.4, -0.2) is 26.3 Å². The average Bonchev–Trinajstić information content (AvgIpc) is 3.32. The fourth-order valence-electron chi connectivity index (χ4n) is 2.70. The number of hydrogen-bond acceptors (Lipinski definition) is 3. The average molecular weight is 256 g/mol. The van der Waals surface area contributed by atoms with Crippen LogP contribution in [0.1, 0.15) is 36.2 Å². The molecule has 0 saturated heterocycles. The minimum absolute atomic E-state index is 0.0608. The number of nitrogens with zero attached hydrogens (tertiary/aromatic N) is 3. The minimum Gasteiger partial charge on any atom is -0.347 e. The molecule has 5 heteroatoms. The van der Waals surface area contributed by atoms with Gasteiger partial charge in [0.15, 0.2) is 0 Å². The zero-order chi connectivity index (χ0) is 12.8. The summed E-state index contributed by atoms with van der Waals surface area (Å²) in [5, 5.41) is 3.18. The zero-order valence-electron chi connectivity index (χ0n) is 10.6. The molecular formula is C14H16N4O. The molecule has 2 aromatic heterocycles. The summed E-state index contributed by atoms with van der Waals surface area (Å²) in [5.74, 6) is 1.91. The van der Waals surface area contributed by atoms with Crippen LogP contribution in [0.5, 0.6) is 0 Å². The van der Waals surface area contributed by atoms with E-state index in [1.54, 1.807) is 16.8 Å². The van der Waals surface area contributed by atoms with Crippen molar-refractivity contribution in [2.75, 3.05) is 0 Å². The van der Waals surface area contributed by atoms with Crippen LogP contribution in [0, 0.1) is 11.8 Å². The standard InChI is InChI=1S/C14H16N4O/c19-13(17-12(9-2-3-9)10-4-5-10)11-8-18-7-1-6-15-14(18)16-11/h1,6-10,12H,2-5H2,(H,17,19). The number of fused-ring (bicyclic) bond motifs is 1. The third-order valence-electron chi connectivity index (χ3n) is 4.03. The smallest absolute Gasteiger partial charge is 0.271 e. The van der Waals surface area contributed by atoms with Gasteiger partial charge >= 0.3 is 0 Å². The van der Waals surface area contributed by atoms with Crippen molar-refractivity contribution in [1.82, 2.24) is 19.7 Å². The number of rotatable bonds is 4. The first kappa shape index (κ1) is 11.0. The van der Waals surface area contributed by atoms with E-state index in [2.05, 4.69) is 15.3 Å². The second-order valence-corrected chi connectivity index (χ2v) is 5.63. The summed E-state index contributed by atoms with van der Waals surface area (Å²) in [5.41, 5.74) is 0.463. The fraction of sp³-hybridized carbons (Fsp3) is 0.500.